The van der Waals surface area contributed by atoms with Gasteiger partial charge in [0.1, 0.15) is 24.2 Å². The molecule has 7 N–H and O–H groups in total. The molecule has 1 heterocycles. The van der Waals surface area contributed by atoms with E-state index < -0.39 is 72.0 Å². The van der Waals surface area contributed by atoms with E-state index in [1.807, 2.05) is 20.8 Å². The van der Waals surface area contributed by atoms with Gasteiger partial charge in [-0.05, 0) is 51.4 Å². The van der Waals surface area contributed by atoms with Crippen LogP contribution in [0.5, 0.6) is 0 Å². The first-order chi connectivity index (χ1) is 22.7. The molecule has 1 saturated carbocycles. The van der Waals surface area contributed by atoms with E-state index in [1.54, 1.807) is 14.0 Å². The molecule has 0 aromatic rings. The average Bonchev–Trinajstić information content (AvgIpc) is 3.05. The number of nitrogens with one attached hydrogen (secondary N) is 4. The Balaban J connectivity index is 2.55. The summed E-state index contributed by atoms with van der Waals surface area (Å²) in [4.78, 5) is 70.0. The zero-order valence-corrected chi connectivity index (χ0v) is 30.4. The van der Waals surface area contributed by atoms with Crippen LogP contribution in [0.1, 0.15) is 112 Å². The summed E-state index contributed by atoms with van der Waals surface area (Å²) in [6.07, 6.45) is 7.01. The molecule has 13 nitrogen and oxygen atoms in total. The zero-order chi connectivity index (χ0) is 36.0. The third kappa shape index (κ3) is 12.6. The van der Waals surface area contributed by atoms with Gasteiger partial charge in [-0.25, -0.2) is 0 Å². The number of carbonyl (C=O) groups is 5. The van der Waals surface area contributed by atoms with E-state index in [-0.39, 0.29) is 30.8 Å². The van der Waals surface area contributed by atoms with E-state index in [0.29, 0.717) is 12.8 Å². The van der Waals surface area contributed by atoms with Gasteiger partial charge in [-0.15, -0.1) is 0 Å². The predicted octanol–water partition coefficient (Wildman–Crippen LogP) is 1.74. The molecule has 13 heteroatoms. The molecule has 0 radical (unpaired) electrons. The number of amides is 5. The number of carbonyl (C=O) groups excluding carboxylic acids is 5. The molecule has 5 amide bonds. The molecule has 8 atom stereocenters. The molecular weight excluding hydrogens is 616 g/mol. The van der Waals surface area contributed by atoms with Gasteiger partial charge in [0.15, 0.2) is 0 Å². The fraction of sp³-hybridized carbons (Fsp3) is 0.857. The summed E-state index contributed by atoms with van der Waals surface area (Å²) in [5.41, 5.74) is 5.92. The molecule has 0 spiro atoms. The normalized spacial score (nSPS) is 30.4. The second-order valence-corrected chi connectivity index (χ2v) is 14.4. The van der Waals surface area contributed by atoms with Crippen LogP contribution in [0.4, 0.5) is 0 Å². The molecular formula is C35H64N6O7. The second-order valence-electron chi connectivity index (χ2n) is 14.4. The number of ether oxygens (including phenoxy) is 1. The molecule has 2 rings (SSSR count). The summed E-state index contributed by atoms with van der Waals surface area (Å²) < 4.78 is 6.40. The molecule has 0 aromatic carbocycles. The van der Waals surface area contributed by atoms with Crippen molar-refractivity contribution in [3.05, 3.63) is 0 Å². The Morgan fingerprint density at radius 1 is 0.896 bits per heavy atom. The average molecular weight is 681 g/mol. The first kappa shape index (κ1) is 41.4. The van der Waals surface area contributed by atoms with Gasteiger partial charge in [0.05, 0.1) is 24.2 Å². The highest BCUT2D eigenvalue weighted by molar-refractivity contribution is 5.96. The molecule has 1 saturated heterocycles. The first-order valence-electron chi connectivity index (χ1n) is 18.2. The maximum Gasteiger partial charge on any atom is 0.245 e. The predicted molar refractivity (Wildman–Crippen MR) is 184 cm³/mol. The van der Waals surface area contributed by atoms with Crippen molar-refractivity contribution in [3.8, 4) is 0 Å². The lowest BCUT2D eigenvalue weighted by molar-refractivity contribution is -0.148. The molecule has 1 unspecified atom stereocenters. The van der Waals surface area contributed by atoms with Crippen molar-refractivity contribution in [1.82, 2.24) is 26.2 Å². The van der Waals surface area contributed by atoms with Crippen LogP contribution in [0.25, 0.3) is 0 Å². The maximum absolute atomic E-state index is 14.1. The van der Waals surface area contributed by atoms with Gasteiger partial charge in [0.25, 0.3) is 0 Å². The highest BCUT2D eigenvalue weighted by Gasteiger charge is 2.39. The minimum Gasteiger partial charge on any atom is -0.391 e. The van der Waals surface area contributed by atoms with Crippen LogP contribution in [0.3, 0.4) is 0 Å². The Labute approximate surface area is 287 Å². The first-order valence-corrected chi connectivity index (χ1v) is 18.2. The van der Waals surface area contributed by atoms with Gasteiger partial charge in [0, 0.05) is 20.1 Å². The number of aliphatic hydroxyl groups excluding tert-OH is 1. The second kappa shape index (κ2) is 20.7. The highest BCUT2D eigenvalue weighted by atomic mass is 16.5. The Morgan fingerprint density at radius 2 is 1.56 bits per heavy atom. The lowest BCUT2D eigenvalue weighted by atomic mass is 9.83. The summed E-state index contributed by atoms with van der Waals surface area (Å²) in [5.74, 6) is -3.27. The van der Waals surface area contributed by atoms with Crippen LogP contribution in [-0.4, -0.2) is 102 Å². The Hall–Kier alpha value is -2.77. The minimum atomic E-state index is -1.32. The number of hydrogen-bond donors (Lipinski definition) is 6. The Kier molecular flexibility index (Phi) is 17.8. The molecule has 1 aliphatic heterocycles. The number of aliphatic hydroxyl groups is 1. The number of hydrogen-bond acceptors (Lipinski definition) is 8. The third-order valence-corrected chi connectivity index (χ3v) is 9.71. The molecule has 1 aliphatic carbocycles. The summed E-state index contributed by atoms with van der Waals surface area (Å²) in [6.45, 7) is 10.9. The van der Waals surface area contributed by atoms with E-state index in [2.05, 4.69) is 28.2 Å². The van der Waals surface area contributed by atoms with Crippen LogP contribution in [0.2, 0.25) is 0 Å². The largest absolute Gasteiger partial charge is 0.391 e. The molecule has 0 bridgehead atoms. The van der Waals surface area contributed by atoms with Crippen molar-refractivity contribution in [1.29, 1.82) is 0 Å². The van der Waals surface area contributed by atoms with Gasteiger partial charge >= 0.3 is 0 Å². The summed E-state index contributed by atoms with van der Waals surface area (Å²) >= 11 is 0. The quantitative estimate of drug-likeness (QED) is 0.188. The Morgan fingerprint density at radius 3 is 2.15 bits per heavy atom. The number of likely N-dealkylation sites (N-methyl/N-ethyl adjacent to an activating group) is 1. The van der Waals surface area contributed by atoms with Gasteiger partial charge in [0.2, 0.25) is 29.5 Å². The fourth-order valence-corrected chi connectivity index (χ4v) is 6.70. The molecule has 2 fully saturated rings. The van der Waals surface area contributed by atoms with Gasteiger partial charge in [-0.1, -0.05) is 72.6 Å². The van der Waals surface area contributed by atoms with Crippen molar-refractivity contribution < 1.29 is 33.8 Å². The van der Waals surface area contributed by atoms with Crippen molar-refractivity contribution in [2.75, 3.05) is 20.1 Å². The van der Waals surface area contributed by atoms with E-state index in [4.69, 9.17) is 10.5 Å². The topological polar surface area (TPSA) is 192 Å². The van der Waals surface area contributed by atoms with Crippen LogP contribution in [-0.2, 0) is 28.7 Å². The third-order valence-electron chi connectivity index (χ3n) is 9.71. The highest BCUT2D eigenvalue weighted by Crippen LogP contribution is 2.28. The number of nitrogens with zero attached hydrogens (tertiary/aromatic N) is 1. The van der Waals surface area contributed by atoms with Gasteiger partial charge < -0.3 is 41.7 Å². The molecule has 2 aliphatic rings. The van der Waals surface area contributed by atoms with Crippen LogP contribution in [0.15, 0.2) is 0 Å². The lowest BCUT2D eigenvalue weighted by Gasteiger charge is -2.36. The number of rotatable bonds is 10. The molecule has 276 valence electrons. The van der Waals surface area contributed by atoms with Crippen LogP contribution < -0.4 is 27.0 Å². The SMILES string of the molecule is CCCCCC[C@H]1O[C@@H](C)CNC(=O)[C@H](C(C)O)NC(=O)[C@H](CN)NC(=O)[C@H](C2CCCCC2)NC(=O)[C@H](CC(C)C)N(C)C(=O)[C@@H]1C. The fourth-order valence-electron chi connectivity index (χ4n) is 6.70. The molecule has 48 heavy (non-hydrogen) atoms. The Bertz CT molecular complexity index is 1050. The summed E-state index contributed by atoms with van der Waals surface area (Å²) in [6, 6.07) is -4.33. The van der Waals surface area contributed by atoms with Crippen molar-refractivity contribution in [2.45, 2.75) is 155 Å². The zero-order valence-electron chi connectivity index (χ0n) is 30.4. The number of unbranched alkanes of at least 4 members (excludes halogenated alkanes) is 3. The van der Waals surface area contributed by atoms with Crippen LogP contribution >= 0.6 is 0 Å². The van der Waals surface area contributed by atoms with E-state index in [0.717, 1.165) is 57.8 Å². The minimum absolute atomic E-state index is 0.0681. The lowest BCUT2D eigenvalue weighted by Crippen LogP contribution is -2.62. The van der Waals surface area contributed by atoms with E-state index in [1.165, 1.54) is 11.8 Å². The van der Waals surface area contributed by atoms with Crippen molar-refractivity contribution in [2.24, 2.45) is 23.5 Å². The summed E-state index contributed by atoms with van der Waals surface area (Å²) in [5, 5.41) is 21.4. The summed E-state index contributed by atoms with van der Waals surface area (Å²) in [7, 11) is 1.63. The van der Waals surface area contributed by atoms with Crippen molar-refractivity contribution in [3.63, 3.8) is 0 Å². The van der Waals surface area contributed by atoms with E-state index >= 15 is 0 Å². The van der Waals surface area contributed by atoms with Gasteiger partial charge in [-0.3, -0.25) is 24.0 Å². The smallest absolute Gasteiger partial charge is 0.245 e. The van der Waals surface area contributed by atoms with E-state index in [9.17, 15) is 29.1 Å². The monoisotopic (exact) mass is 680 g/mol. The van der Waals surface area contributed by atoms with Gasteiger partial charge in [-0.2, -0.15) is 0 Å². The standard InChI is InChI=1S/C35H64N6O7/c1-8-9-10-14-17-28-23(5)35(47)41(7)27(18-21(2)3)32(44)40-30(25-15-12-11-13-16-25)34(46)38-26(19-36)31(43)39-29(24(6)42)33(45)37-20-22(4)48-28/h21-30,42H,8-20,36H2,1-7H3,(H,37,45)(H,38,46)(H,39,43)(H,40,44)/t22-,23+,24?,26-,27-,28+,29-,30-/m0/s1. The number of nitrogens with two attached hydrogens (primary N) is 1. The maximum atomic E-state index is 14.1. The van der Waals surface area contributed by atoms with Crippen LogP contribution in [0, 0.1) is 17.8 Å². The van der Waals surface area contributed by atoms with Crippen molar-refractivity contribution >= 4 is 29.5 Å². The molecule has 0 aromatic heterocycles.